The Hall–Kier alpha value is 0.310. The maximum Gasteiger partial charge on any atom is 0.0282 e. The first-order valence-corrected chi connectivity index (χ1v) is 8.79. The second kappa shape index (κ2) is 3.90. The van der Waals surface area contributed by atoms with Gasteiger partial charge >= 0.3 is 0 Å². The molecule has 17 heavy (non-hydrogen) atoms. The van der Waals surface area contributed by atoms with Gasteiger partial charge in [-0.1, -0.05) is 0 Å². The van der Waals surface area contributed by atoms with Gasteiger partial charge in [-0.15, -0.1) is 0 Å². The van der Waals surface area contributed by atoms with Crippen LogP contribution in [0.25, 0.3) is 0 Å². The van der Waals surface area contributed by atoms with E-state index < -0.39 is 0 Å². The van der Waals surface area contributed by atoms with E-state index in [2.05, 4.69) is 23.3 Å². The summed E-state index contributed by atoms with van der Waals surface area (Å²) < 4.78 is 0.647. The fourth-order valence-corrected chi connectivity index (χ4v) is 5.89. The van der Waals surface area contributed by atoms with Crippen LogP contribution in [0.2, 0.25) is 0 Å². The van der Waals surface area contributed by atoms with Crippen molar-refractivity contribution in [3.63, 3.8) is 0 Å². The van der Waals surface area contributed by atoms with Gasteiger partial charge in [-0.25, -0.2) is 0 Å². The van der Waals surface area contributed by atoms with Crippen molar-refractivity contribution < 1.29 is 0 Å². The summed E-state index contributed by atoms with van der Waals surface area (Å²) in [6, 6.07) is 0.896. The largest absolute Gasteiger partial charge is 0.312 e. The van der Waals surface area contributed by atoms with Gasteiger partial charge in [0.1, 0.15) is 0 Å². The Labute approximate surface area is 109 Å². The molecule has 5 fully saturated rings. The van der Waals surface area contributed by atoms with Crippen LogP contribution < -0.4 is 5.32 Å². The summed E-state index contributed by atoms with van der Waals surface area (Å²) in [5.74, 6) is 4.32. The molecule has 5 aliphatic rings. The summed E-state index contributed by atoms with van der Waals surface area (Å²) in [4.78, 5) is 0. The topological polar surface area (TPSA) is 12.0 Å². The summed E-state index contributed by atoms with van der Waals surface area (Å²) in [6.07, 6.45) is 13.0. The molecule has 5 rings (SSSR count). The third kappa shape index (κ3) is 1.87. The van der Waals surface area contributed by atoms with E-state index in [0.29, 0.717) is 4.75 Å². The number of thioether (sulfide) groups is 1. The predicted octanol–water partition coefficient (Wildman–Crippen LogP) is 3.30. The molecule has 0 aliphatic heterocycles. The molecule has 0 radical (unpaired) electrons. The second-order valence-corrected chi connectivity index (χ2v) is 8.50. The summed E-state index contributed by atoms with van der Waals surface area (Å²) in [7, 11) is 0. The van der Waals surface area contributed by atoms with Gasteiger partial charge in [-0.3, -0.25) is 0 Å². The lowest BCUT2D eigenvalue weighted by Gasteiger charge is -2.54. The highest BCUT2D eigenvalue weighted by Crippen LogP contribution is 2.54. The molecule has 1 N–H and O–H groups in total. The van der Waals surface area contributed by atoms with E-state index in [1.54, 1.807) is 32.1 Å². The van der Waals surface area contributed by atoms with Crippen molar-refractivity contribution in [1.82, 2.24) is 5.32 Å². The van der Waals surface area contributed by atoms with Crippen LogP contribution in [0.15, 0.2) is 0 Å². The van der Waals surface area contributed by atoms with E-state index in [9.17, 15) is 0 Å². The van der Waals surface area contributed by atoms with Crippen LogP contribution in [0.4, 0.5) is 0 Å². The molecule has 0 unspecified atom stereocenters. The second-order valence-electron chi connectivity index (χ2n) is 7.22. The van der Waals surface area contributed by atoms with Crippen molar-refractivity contribution in [3.8, 4) is 0 Å². The molecule has 0 aromatic heterocycles. The van der Waals surface area contributed by atoms with Crippen LogP contribution in [0.1, 0.15) is 44.9 Å². The Morgan fingerprint density at radius 2 is 1.59 bits per heavy atom. The normalized spacial score (nSPS) is 49.6. The average Bonchev–Trinajstić information content (AvgIpc) is 3.08. The SMILES string of the molecule is CSC1(CNC2C3CC4CC(C3)CC2C4)CC1. The molecular formula is C15H25NS. The molecule has 0 atom stereocenters. The van der Waals surface area contributed by atoms with Gasteiger partial charge in [0.2, 0.25) is 0 Å². The average molecular weight is 251 g/mol. The number of nitrogens with one attached hydrogen (secondary N) is 1. The predicted molar refractivity (Wildman–Crippen MR) is 74.3 cm³/mol. The quantitative estimate of drug-likeness (QED) is 0.823. The first-order chi connectivity index (χ1) is 8.28. The van der Waals surface area contributed by atoms with Gasteiger partial charge in [-0.05, 0) is 74.9 Å². The fourth-order valence-electron chi connectivity index (χ4n) is 5.15. The van der Waals surface area contributed by atoms with Gasteiger partial charge in [0, 0.05) is 17.3 Å². The van der Waals surface area contributed by atoms with E-state index in [1.807, 2.05) is 0 Å². The highest BCUT2D eigenvalue weighted by Gasteiger charge is 2.49. The Morgan fingerprint density at radius 3 is 2.06 bits per heavy atom. The zero-order chi connectivity index (χ0) is 11.5. The minimum absolute atomic E-state index is 0.647. The molecule has 1 nitrogen and oxygen atoms in total. The van der Waals surface area contributed by atoms with Crippen LogP contribution in [-0.2, 0) is 0 Å². The third-order valence-corrected chi connectivity index (χ3v) is 7.55. The molecule has 2 heteroatoms. The number of hydrogen-bond acceptors (Lipinski definition) is 2. The van der Waals surface area contributed by atoms with E-state index in [-0.39, 0.29) is 0 Å². The molecule has 0 saturated heterocycles. The van der Waals surface area contributed by atoms with Crippen LogP contribution in [0.5, 0.6) is 0 Å². The first-order valence-electron chi connectivity index (χ1n) is 7.56. The standard InChI is InChI=1S/C15H25NS/c1-17-15(2-3-15)9-16-14-12-5-10-4-11(7-12)8-13(14)6-10/h10-14,16H,2-9H2,1H3. The highest BCUT2D eigenvalue weighted by molar-refractivity contribution is 8.00. The van der Waals surface area contributed by atoms with Crippen LogP contribution >= 0.6 is 11.8 Å². The van der Waals surface area contributed by atoms with Crippen molar-refractivity contribution in [3.05, 3.63) is 0 Å². The van der Waals surface area contributed by atoms with Crippen LogP contribution in [0.3, 0.4) is 0 Å². The Bertz CT molecular complexity index is 282. The number of rotatable bonds is 4. The summed E-state index contributed by atoms with van der Waals surface area (Å²) in [5.41, 5.74) is 0. The molecule has 0 aromatic carbocycles. The minimum atomic E-state index is 0.647. The van der Waals surface area contributed by atoms with E-state index >= 15 is 0 Å². The van der Waals surface area contributed by atoms with Gasteiger partial charge in [0.15, 0.2) is 0 Å². The summed E-state index contributed by atoms with van der Waals surface area (Å²) >= 11 is 2.10. The van der Waals surface area contributed by atoms with Crippen molar-refractivity contribution in [2.24, 2.45) is 23.7 Å². The van der Waals surface area contributed by atoms with Crippen molar-refractivity contribution in [1.29, 1.82) is 0 Å². The maximum atomic E-state index is 4.00. The van der Waals surface area contributed by atoms with Gasteiger partial charge in [0.05, 0.1) is 0 Å². The van der Waals surface area contributed by atoms with Crippen molar-refractivity contribution in [2.75, 3.05) is 12.8 Å². The Balaban J connectivity index is 1.41. The third-order valence-electron chi connectivity index (χ3n) is 6.13. The molecule has 5 saturated carbocycles. The van der Waals surface area contributed by atoms with E-state index in [0.717, 1.165) is 29.7 Å². The molecule has 5 aliphatic carbocycles. The lowest BCUT2D eigenvalue weighted by molar-refractivity contribution is -0.0135. The lowest BCUT2D eigenvalue weighted by Crippen LogP contribution is -2.55. The zero-order valence-corrected chi connectivity index (χ0v) is 11.8. The zero-order valence-electron chi connectivity index (χ0n) is 11.0. The Kier molecular flexibility index (Phi) is 2.56. The van der Waals surface area contributed by atoms with Crippen LogP contribution in [0, 0.1) is 23.7 Å². The van der Waals surface area contributed by atoms with E-state index in [4.69, 9.17) is 0 Å². The molecule has 96 valence electrons. The number of hydrogen-bond donors (Lipinski definition) is 1. The van der Waals surface area contributed by atoms with Gasteiger partial charge < -0.3 is 5.32 Å². The minimum Gasteiger partial charge on any atom is -0.312 e. The smallest absolute Gasteiger partial charge is 0.0282 e. The van der Waals surface area contributed by atoms with Gasteiger partial charge in [0.25, 0.3) is 0 Å². The summed E-state index contributed by atoms with van der Waals surface area (Å²) in [5, 5.41) is 4.00. The monoisotopic (exact) mass is 251 g/mol. The highest BCUT2D eigenvalue weighted by atomic mass is 32.2. The molecule has 4 bridgehead atoms. The van der Waals surface area contributed by atoms with Crippen molar-refractivity contribution in [2.45, 2.75) is 55.7 Å². The lowest BCUT2D eigenvalue weighted by atomic mass is 9.54. The maximum absolute atomic E-state index is 4.00. The van der Waals surface area contributed by atoms with Crippen LogP contribution in [-0.4, -0.2) is 23.6 Å². The van der Waals surface area contributed by atoms with Gasteiger partial charge in [-0.2, -0.15) is 11.8 Å². The summed E-state index contributed by atoms with van der Waals surface area (Å²) in [6.45, 7) is 1.29. The Morgan fingerprint density at radius 1 is 1.00 bits per heavy atom. The van der Waals surface area contributed by atoms with Crippen molar-refractivity contribution >= 4 is 11.8 Å². The fraction of sp³-hybridized carbons (Fsp3) is 1.00. The molecule has 0 heterocycles. The molecule has 0 spiro atoms. The molecular weight excluding hydrogens is 226 g/mol. The molecule has 0 aromatic rings. The van der Waals surface area contributed by atoms with E-state index in [1.165, 1.54) is 19.4 Å². The first kappa shape index (κ1) is 11.2. The molecule has 0 amide bonds.